The van der Waals surface area contributed by atoms with Gasteiger partial charge in [0.25, 0.3) is 0 Å². The van der Waals surface area contributed by atoms with Gasteiger partial charge in [0.15, 0.2) is 0 Å². The Bertz CT molecular complexity index is 1010. The van der Waals surface area contributed by atoms with Gasteiger partial charge in [-0.15, -0.1) is 11.1 Å². The van der Waals surface area contributed by atoms with E-state index in [0.29, 0.717) is 0 Å². The van der Waals surface area contributed by atoms with Crippen LogP contribution in [0.3, 0.4) is 0 Å². The maximum atomic E-state index is 4.97. The molecule has 1 aliphatic carbocycles. The van der Waals surface area contributed by atoms with E-state index in [1.807, 2.05) is 6.07 Å². The van der Waals surface area contributed by atoms with Crippen molar-refractivity contribution in [3.8, 4) is 11.1 Å². The normalized spacial score (nSPS) is 13.8. The summed E-state index contributed by atoms with van der Waals surface area (Å²) in [5.74, 6) is 0.561. The van der Waals surface area contributed by atoms with Gasteiger partial charge in [-0.2, -0.15) is 24.3 Å². The molecule has 0 bridgehead atoms. The van der Waals surface area contributed by atoms with Gasteiger partial charge in [0.1, 0.15) is 0 Å². The van der Waals surface area contributed by atoms with Crippen molar-refractivity contribution in [1.82, 2.24) is 0 Å². The van der Waals surface area contributed by atoms with Crippen LogP contribution in [-0.2, 0) is 14.7 Å². The summed E-state index contributed by atoms with van der Waals surface area (Å²) in [4.78, 5) is 0. The second kappa shape index (κ2) is 10.2. The van der Waals surface area contributed by atoms with Gasteiger partial charge < -0.3 is 0 Å². The molecule has 0 aromatic heterocycles. The van der Waals surface area contributed by atoms with Crippen LogP contribution in [0.15, 0.2) is 103 Å². The second-order valence-electron chi connectivity index (χ2n) is 7.08. The van der Waals surface area contributed by atoms with Crippen molar-refractivity contribution in [2.75, 3.05) is 0 Å². The summed E-state index contributed by atoms with van der Waals surface area (Å²) in [6.07, 6.45) is 0. The molecule has 1 aliphatic rings. The van der Waals surface area contributed by atoms with Gasteiger partial charge >= 0.3 is 42.6 Å². The van der Waals surface area contributed by atoms with E-state index in [-0.39, 0.29) is 11.8 Å². The maximum absolute atomic E-state index is 4.97. The van der Waals surface area contributed by atoms with E-state index in [4.69, 9.17) is 27.9 Å². The fourth-order valence-electron chi connectivity index (χ4n) is 4.36. The Kier molecular flexibility index (Phi) is 7.36. The van der Waals surface area contributed by atoms with Gasteiger partial charge in [0, 0.05) is 5.92 Å². The Hall–Kier alpha value is -1.54. The summed E-state index contributed by atoms with van der Waals surface area (Å²) in [5, 5.41) is 0. The second-order valence-corrected chi connectivity index (χ2v) is 14.8. The average Bonchev–Trinajstić information content (AvgIpc) is 3.10. The van der Waals surface area contributed by atoms with Crippen molar-refractivity contribution < 1.29 is 14.7 Å². The number of fused-ring (bicyclic) bond motifs is 3. The maximum Gasteiger partial charge on any atom is 0.0179 e. The minimum atomic E-state index is -1.92. The van der Waals surface area contributed by atoms with Crippen LogP contribution in [0.2, 0.25) is 0 Å². The molecular formula is C26H19Cl3Ti. The Balaban J connectivity index is 0.000000503. The molecule has 4 aromatic carbocycles. The minimum Gasteiger partial charge on any atom is -0.179 e. The molecule has 0 fully saturated rings. The van der Waals surface area contributed by atoms with E-state index in [0.717, 1.165) is 0 Å². The third-order valence-corrected chi connectivity index (χ3v) is 5.44. The fraction of sp³-hybridized carbons (Fsp3) is 0.0769. The largest absolute Gasteiger partial charge is 0.179 e. The van der Waals surface area contributed by atoms with Crippen molar-refractivity contribution in [2.24, 2.45) is 0 Å². The van der Waals surface area contributed by atoms with Gasteiger partial charge in [-0.05, 0) is 22.6 Å². The molecule has 0 heterocycles. The van der Waals surface area contributed by atoms with Crippen molar-refractivity contribution in [1.29, 1.82) is 0 Å². The van der Waals surface area contributed by atoms with E-state index in [1.54, 1.807) is 0 Å². The number of halogens is 3. The molecule has 30 heavy (non-hydrogen) atoms. The molecule has 1 unspecified atom stereocenters. The number of rotatable bonds is 3. The van der Waals surface area contributed by atoms with Crippen molar-refractivity contribution in [2.45, 2.75) is 11.8 Å². The summed E-state index contributed by atoms with van der Waals surface area (Å²) in [7, 11) is 14.9. The molecular weight excluding hydrogens is 467 g/mol. The summed E-state index contributed by atoms with van der Waals surface area (Å²) in [6.45, 7) is 0. The molecule has 0 amide bonds. The molecule has 4 aromatic rings. The third-order valence-electron chi connectivity index (χ3n) is 5.44. The number of benzene rings is 4. The fourth-order valence-corrected chi connectivity index (χ4v) is 4.36. The van der Waals surface area contributed by atoms with E-state index >= 15 is 0 Å². The first kappa shape index (κ1) is 21.7. The summed E-state index contributed by atoms with van der Waals surface area (Å²) < 4.78 is 0. The van der Waals surface area contributed by atoms with Crippen LogP contribution < -0.4 is 0 Å². The molecule has 4 heteroatoms. The van der Waals surface area contributed by atoms with Gasteiger partial charge in [0.05, 0.1) is 0 Å². The third kappa shape index (κ3) is 4.69. The van der Waals surface area contributed by atoms with Gasteiger partial charge in [-0.1, -0.05) is 90.5 Å². The van der Waals surface area contributed by atoms with E-state index in [2.05, 4.69) is 103 Å². The van der Waals surface area contributed by atoms with Crippen molar-refractivity contribution in [3.05, 3.63) is 131 Å². The molecule has 5 rings (SSSR count). The molecule has 0 aliphatic heterocycles. The van der Waals surface area contributed by atoms with Gasteiger partial charge in [-0.25, -0.2) is 0 Å². The number of hydrogen-bond donors (Lipinski definition) is 0. The smallest absolute Gasteiger partial charge is 0.0179 e. The molecule has 1 atom stereocenters. The van der Waals surface area contributed by atoms with Crippen LogP contribution in [0.25, 0.3) is 11.1 Å². The van der Waals surface area contributed by atoms with E-state index in [1.165, 1.54) is 33.4 Å². The SMILES string of the molecule is [Cl][Ti+]([Cl])[Cl].[c-]1cccc2c1C(C(c1ccccc1)c1ccccc1)c1ccccc1-2. The molecule has 0 radical (unpaired) electrons. The summed E-state index contributed by atoms with van der Waals surface area (Å²) >= 11 is -1.92. The Labute approximate surface area is 195 Å². The van der Waals surface area contributed by atoms with Crippen LogP contribution in [0.5, 0.6) is 0 Å². The molecule has 0 spiro atoms. The Morgan fingerprint density at radius 1 is 0.633 bits per heavy atom. The Morgan fingerprint density at radius 2 is 1.13 bits per heavy atom. The van der Waals surface area contributed by atoms with Crippen LogP contribution in [0.4, 0.5) is 0 Å². The van der Waals surface area contributed by atoms with E-state index < -0.39 is 14.7 Å². The first-order valence-electron chi connectivity index (χ1n) is 9.70. The molecule has 148 valence electrons. The predicted molar refractivity (Wildman–Crippen MR) is 125 cm³/mol. The van der Waals surface area contributed by atoms with Gasteiger partial charge in [-0.3, -0.25) is 0 Å². The monoisotopic (exact) mass is 484 g/mol. The van der Waals surface area contributed by atoms with Gasteiger partial charge in [0.2, 0.25) is 0 Å². The zero-order chi connectivity index (χ0) is 20.9. The standard InChI is InChI=1S/C26H19.3ClH.Ti/c1-3-11-19(12-4-1)25(20-13-5-2-6-14-20)26-23-17-9-7-15-21(23)22-16-8-10-18-24(22)26;;;;/h1-17,25-26H;3*1H;/q-1;;;;+4/p-3. The Morgan fingerprint density at radius 3 is 1.73 bits per heavy atom. The van der Waals surface area contributed by atoms with Crippen molar-refractivity contribution >= 4 is 27.9 Å². The van der Waals surface area contributed by atoms with E-state index in [9.17, 15) is 0 Å². The van der Waals surface area contributed by atoms with Crippen LogP contribution in [-0.4, -0.2) is 0 Å². The molecule has 0 saturated carbocycles. The van der Waals surface area contributed by atoms with Crippen LogP contribution in [0.1, 0.15) is 34.1 Å². The average molecular weight is 486 g/mol. The quantitative estimate of drug-likeness (QED) is 0.202. The van der Waals surface area contributed by atoms with Crippen molar-refractivity contribution in [3.63, 3.8) is 0 Å². The topological polar surface area (TPSA) is 0 Å². The predicted octanol–water partition coefficient (Wildman–Crippen LogP) is 8.50. The van der Waals surface area contributed by atoms with Crippen LogP contribution >= 0.6 is 27.9 Å². The first-order chi connectivity index (χ1) is 14.7. The van der Waals surface area contributed by atoms with Crippen LogP contribution in [0, 0.1) is 6.07 Å². The minimum absolute atomic E-state index is 0.276. The zero-order valence-corrected chi connectivity index (χ0v) is 19.9. The zero-order valence-electron chi connectivity index (χ0n) is 16.1. The summed E-state index contributed by atoms with van der Waals surface area (Å²) in [6, 6.07) is 40.5. The first-order valence-corrected chi connectivity index (χ1v) is 16.1. The molecule has 0 nitrogen and oxygen atoms in total. The molecule has 0 N–H and O–H groups in total. The number of hydrogen-bond acceptors (Lipinski definition) is 0. The molecule has 0 saturated heterocycles. The summed E-state index contributed by atoms with van der Waals surface area (Å²) in [5.41, 5.74) is 8.09.